The average molecular weight is 355 g/mol. The number of fused-ring (bicyclic) bond motifs is 1. The lowest BCUT2D eigenvalue weighted by Gasteiger charge is -2.19. The van der Waals surface area contributed by atoms with Crippen molar-refractivity contribution in [2.45, 2.75) is 6.54 Å². The molecular weight excluding hydrogens is 337 g/mol. The molecule has 134 valence electrons. The number of hydroxylamine groups is 1. The molecule has 0 radical (unpaired) electrons. The topological polar surface area (TPSA) is 74.2 Å². The first-order chi connectivity index (χ1) is 12.6. The van der Waals surface area contributed by atoms with Crippen LogP contribution < -0.4 is 10.4 Å². The lowest BCUT2D eigenvalue weighted by molar-refractivity contribution is -0.124. The molecule has 0 saturated carbocycles. The molecule has 0 aliphatic carbocycles. The third-order valence-corrected chi connectivity index (χ3v) is 4.04. The third kappa shape index (κ3) is 3.89. The summed E-state index contributed by atoms with van der Waals surface area (Å²) in [4.78, 5) is 18.0. The van der Waals surface area contributed by atoms with Crippen molar-refractivity contribution in [3.8, 4) is 0 Å². The number of benzene rings is 2. The molecule has 2 aromatic rings. The highest BCUT2D eigenvalue weighted by atomic mass is 19.1. The molecule has 0 bridgehead atoms. The lowest BCUT2D eigenvalue weighted by Crippen LogP contribution is -2.22. The smallest absolute Gasteiger partial charge is 0.267 e. The number of hydrogen-bond donors (Lipinski definition) is 2. The average Bonchev–Trinajstić information content (AvgIpc) is 2.97. The zero-order valence-electron chi connectivity index (χ0n) is 14.1. The SMILES string of the molecule is CO/N=C1\CN(Cc2ccc(/C=C/C(=O)NO)cc2)c2ccc(F)cc21. The molecule has 7 heteroatoms. The van der Waals surface area contributed by atoms with Gasteiger partial charge in [-0.05, 0) is 35.4 Å². The number of halogens is 1. The van der Waals surface area contributed by atoms with E-state index in [-0.39, 0.29) is 5.82 Å². The summed E-state index contributed by atoms with van der Waals surface area (Å²) in [6.07, 6.45) is 2.85. The molecule has 0 saturated heterocycles. The number of nitrogens with zero attached hydrogens (tertiary/aromatic N) is 2. The van der Waals surface area contributed by atoms with E-state index < -0.39 is 5.91 Å². The fourth-order valence-corrected chi connectivity index (χ4v) is 2.86. The second-order valence-corrected chi connectivity index (χ2v) is 5.79. The summed E-state index contributed by atoms with van der Waals surface area (Å²) in [5.41, 5.74) is 5.77. The normalized spacial score (nSPS) is 14.7. The Balaban J connectivity index is 1.77. The summed E-state index contributed by atoms with van der Waals surface area (Å²) in [6.45, 7) is 1.16. The summed E-state index contributed by atoms with van der Waals surface area (Å²) < 4.78 is 13.6. The van der Waals surface area contributed by atoms with Crippen LogP contribution in [0.4, 0.5) is 10.1 Å². The molecule has 2 N–H and O–H groups in total. The number of nitrogens with one attached hydrogen (secondary N) is 1. The zero-order chi connectivity index (χ0) is 18.5. The first-order valence-corrected chi connectivity index (χ1v) is 7.96. The van der Waals surface area contributed by atoms with Crippen LogP contribution in [0.25, 0.3) is 6.08 Å². The number of carbonyl (C=O) groups is 1. The van der Waals surface area contributed by atoms with Crippen LogP contribution >= 0.6 is 0 Å². The van der Waals surface area contributed by atoms with Gasteiger partial charge in [0.15, 0.2) is 0 Å². The molecule has 0 aromatic heterocycles. The fraction of sp³-hybridized carbons (Fsp3) is 0.158. The first kappa shape index (κ1) is 17.6. The minimum Gasteiger partial charge on any atom is -0.399 e. The molecule has 2 aromatic carbocycles. The zero-order valence-corrected chi connectivity index (χ0v) is 14.1. The molecule has 0 atom stereocenters. The summed E-state index contributed by atoms with van der Waals surface area (Å²) in [6, 6.07) is 12.3. The van der Waals surface area contributed by atoms with E-state index in [1.54, 1.807) is 17.6 Å². The number of anilines is 1. The van der Waals surface area contributed by atoms with Crippen LogP contribution in [-0.4, -0.2) is 30.5 Å². The van der Waals surface area contributed by atoms with Crippen LogP contribution in [0, 0.1) is 5.82 Å². The summed E-state index contributed by atoms with van der Waals surface area (Å²) >= 11 is 0. The highest BCUT2D eigenvalue weighted by Crippen LogP contribution is 2.30. The molecule has 0 unspecified atom stereocenters. The van der Waals surface area contributed by atoms with Gasteiger partial charge >= 0.3 is 0 Å². The van der Waals surface area contributed by atoms with Gasteiger partial charge in [0.25, 0.3) is 5.91 Å². The third-order valence-electron chi connectivity index (χ3n) is 4.04. The highest BCUT2D eigenvalue weighted by Gasteiger charge is 2.26. The maximum absolute atomic E-state index is 13.6. The fourth-order valence-electron chi connectivity index (χ4n) is 2.86. The van der Waals surface area contributed by atoms with Gasteiger partial charge in [-0.2, -0.15) is 0 Å². The van der Waals surface area contributed by atoms with Crippen molar-refractivity contribution in [2.75, 3.05) is 18.6 Å². The number of rotatable bonds is 5. The number of hydrogen-bond acceptors (Lipinski definition) is 5. The minimum atomic E-state index is -0.583. The Bertz CT molecular complexity index is 863. The molecule has 0 fully saturated rings. The lowest BCUT2D eigenvalue weighted by atomic mass is 10.1. The van der Waals surface area contributed by atoms with E-state index in [2.05, 4.69) is 10.1 Å². The molecule has 26 heavy (non-hydrogen) atoms. The second-order valence-electron chi connectivity index (χ2n) is 5.79. The van der Waals surface area contributed by atoms with Gasteiger partial charge in [0.05, 0.1) is 6.54 Å². The van der Waals surface area contributed by atoms with E-state index in [4.69, 9.17) is 10.0 Å². The standard InChI is InChI=1S/C19H18FN3O3/c1-26-22-17-12-23(18-8-7-15(20)10-16(17)18)11-14-4-2-13(3-5-14)6-9-19(24)21-25/h2-10,25H,11-12H2,1H3,(H,21,24)/b9-6+,22-17+. The Morgan fingerprint density at radius 2 is 2.12 bits per heavy atom. The van der Waals surface area contributed by atoms with Crippen molar-refractivity contribution >= 4 is 23.4 Å². The maximum Gasteiger partial charge on any atom is 0.267 e. The molecule has 1 aliphatic rings. The highest BCUT2D eigenvalue weighted by molar-refractivity contribution is 6.11. The van der Waals surface area contributed by atoms with Crippen molar-refractivity contribution in [1.82, 2.24) is 5.48 Å². The molecule has 0 spiro atoms. The Hall–Kier alpha value is -3.19. The number of oxime groups is 1. The van der Waals surface area contributed by atoms with Gasteiger partial charge in [-0.3, -0.25) is 10.0 Å². The van der Waals surface area contributed by atoms with E-state index in [0.717, 1.165) is 22.4 Å². The second kappa shape index (κ2) is 7.79. The molecule has 3 rings (SSSR count). The minimum absolute atomic E-state index is 0.308. The summed E-state index contributed by atoms with van der Waals surface area (Å²) in [5.74, 6) is -0.891. The van der Waals surface area contributed by atoms with Gasteiger partial charge in [0.2, 0.25) is 0 Å². The van der Waals surface area contributed by atoms with Gasteiger partial charge in [0, 0.05) is 23.9 Å². The Labute approximate surface area is 150 Å². The van der Waals surface area contributed by atoms with Gasteiger partial charge in [-0.15, -0.1) is 0 Å². The van der Waals surface area contributed by atoms with Crippen molar-refractivity contribution in [3.63, 3.8) is 0 Å². The van der Waals surface area contributed by atoms with Crippen molar-refractivity contribution in [3.05, 3.63) is 71.0 Å². The van der Waals surface area contributed by atoms with Gasteiger partial charge in [0.1, 0.15) is 18.6 Å². The van der Waals surface area contributed by atoms with Crippen LogP contribution in [-0.2, 0) is 16.2 Å². The van der Waals surface area contributed by atoms with E-state index in [9.17, 15) is 9.18 Å². The summed E-state index contributed by atoms with van der Waals surface area (Å²) in [7, 11) is 1.47. The maximum atomic E-state index is 13.6. The quantitative estimate of drug-likeness (QED) is 0.491. The van der Waals surface area contributed by atoms with E-state index in [1.165, 1.54) is 25.3 Å². The van der Waals surface area contributed by atoms with Crippen LogP contribution in [0.5, 0.6) is 0 Å². The van der Waals surface area contributed by atoms with Crippen LogP contribution in [0.3, 0.4) is 0 Å². The van der Waals surface area contributed by atoms with Crippen LogP contribution in [0.1, 0.15) is 16.7 Å². The van der Waals surface area contributed by atoms with Crippen molar-refractivity contribution < 1.29 is 19.2 Å². The predicted octanol–water partition coefficient (Wildman–Crippen LogP) is 2.72. The molecule has 1 aliphatic heterocycles. The predicted molar refractivity (Wildman–Crippen MR) is 96.4 cm³/mol. The molecule has 6 nitrogen and oxygen atoms in total. The van der Waals surface area contributed by atoms with E-state index in [1.807, 2.05) is 24.3 Å². The first-order valence-electron chi connectivity index (χ1n) is 7.96. The molecule has 1 heterocycles. The monoisotopic (exact) mass is 355 g/mol. The van der Waals surface area contributed by atoms with Crippen LogP contribution in [0.15, 0.2) is 53.7 Å². The molecular formula is C19H18FN3O3. The van der Waals surface area contributed by atoms with Gasteiger partial charge in [-0.25, -0.2) is 9.87 Å². The Morgan fingerprint density at radius 1 is 1.35 bits per heavy atom. The molecule has 1 amide bonds. The number of carbonyl (C=O) groups excluding carboxylic acids is 1. The van der Waals surface area contributed by atoms with Crippen LogP contribution in [0.2, 0.25) is 0 Å². The number of amides is 1. The Kier molecular flexibility index (Phi) is 5.28. The van der Waals surface area contributed by atoms with E-state index in [0.29, 0.717) is 18.8 Å². The van der Waals surface area contributed by atoms with Gasteiger partial charge in [-0.1, -0.05) is 29.4 Å². The summed E-state index contributed by atoms with van der Waals surface area (Å²) in [5, 5.41) is 12.5. The Morgan fingerprint density at radius 3 is 2.81 bits per heavy atom. The van der Waals surface area contributed by atoms with Gasteiger partial charge < -0.3 is 9.74 Å². The van der Waals surface area contributed by atoms with Crippen molar-refractivity contribution in [2.24, 2.45) is 5.16 Å². The van der Waals surface area contributed by atoms with Crippen molar-refractivity contribution in [1.29, 1.82) is 0 Å². The van der Waals surface area contributed by atoms with E-state index >= 15 is 0 Å². The largest absolute Gasteiger partial charge is 0.399 e.